The molecule has 4 rings (SSSR count). The zero-order valence-corrected chi connectivity index (χ0v) is 17.8. The number of nitro benzene ring substituents is 1. The summed E-state index contributed by atoms with van der Waals surface area (Å²) in [7, 11) is 0. The second kappa shape index (κ2) is 8.20. The molecule has 3 aromatic rings. The van der Waals surface area contributed by atoms with Gasteiger partial charge in [-0.1, -0.05) is 47.5 Å². The lowest BCUT2D eigenvalue weighted by molar-refractivity contribution is -0.384. The zero-order chi connectivity index (χ0) is 22.1. The molecule has 31 heavy (non-hydrogen) atoms. The molecule has 0 atom stereocenters. The molecule has 5 nitrogen and oxygen atoms in total. The number of nitro groups is 1. The van der Waals surface area contributed by atoms with Gasteiger partial charge in [-0.05, 0) is 67.0 Å². The van der Waals surface area contributed by atoms with Crippen molar-refractivity contribution >= 4 is 40.7 Å². The van der Waals surface area contributed by atoms with Gasteiger partial charge in [-0.25, -0.2) is 0 Å². The van der Waals surface area contributed by atoms with Gasteiger partial charge in [0.2, 0.25) is 0 Å². The number of rotatable bonds is 4. The Balaban J connectivity index is 1.80. The summed E-state index contributed by atoms with van der Waals surface area (Å²) in [5.41, 5.74) is 5.59. The van der Waals surface area contributed by atoms with E-state index >= 15 is 0 Å². The summed E-state index contributed by atoms with van der Waals surface area (Å²) in [6, 6.07) is 19.6. The van der Waals surface area contributed by atoms with Crippen LogP contribution in [0.3, 0.4) is 0 Å². The minimum Gasteiger partial charge on any atom is -0.276 e. The van der Waals surface area contributed by atoms with E-state index < -0.39 is 4.92 Å². The maximum absolute atomic E-state index is 13.4. The summed E-state index contributed by atoms with van der Waals surface area (Å²) in [5.74, 6) is -0.186. The van der Waals surface area contributed by atoms with Gasteiger partial charge in [-0.2, -0.15) is 0 Å². The van der Waals surface area contributed by atoms with Gasteiger partial charge < -0.3 is 0 Å². The van der Waals surface area contributed by atoms with Crippen molar-refractivity contribution < 1.29 is 9.72 Å². The maximum Gasteiger partial charge on any atom is 0.269 e. The molecule has 0 saturated heterocycles. The number of carbonyl (C=O) groups excluding carboxylic acids is 1. The molecule has 1 aliphatic heterocycles. The highest BCUT2D eigenvalue weighted by Crippen LogP contribution is 2.37. The quantitative estimate of drug-likeness (QED) is 0.276. The first kappa shape index (κ1) is 20.6. The Hall–Kier alpha value is -3.70. The standard InChI is InChI=1S/C25H19ClN2O3/c1-16-3-8-19(9-4-16)24-14-20(13-18-6-11-21(12-7-18)28(30)31)25(29)27(24)22-10-5-17(2)23(26)15-22/h3-15H,1-2H3/b20-13+. The summed E-state index contributed by atoms with van der Waals surface area (Å²) < 4.78 is 0. The highest BCUT2D eigenvalue weighted by atomic mass is 35.5. The van der Waals surface area contributed by atoms with Gasteiger partial charge in [-0.3, -0.25) is 19.8 Å². The van der Waals surface area contributed by atoms with Crippen molar-refractivity contribution in [2.75, 3.05) is 4.90 Å². The number of carbonyl (C=O) groups is 1. The predicted molar refractivity (Wildman–Crippen MR) is 124 cm³/mol. The molecule has 1 amide bonds. The van der Waals surface area contributed by atoms with E-state index in [1.807, 2.05) is 56.3 Å². The van der Waals surface area contributed by atoms with E-state index in [1.165, 1.54) is 12.1 Å². The van der Waals surface area contributed by atoms with Crippen LogP contribution < -0.4 is 4.90 Å². The monoisotopic (exact) mass is 430 g/mol. The van der Waals surface area contributed by atoms with Crippen molar-refractivity contribution in [3.8, 4) is 0 Å². The van der Waals surface area contributed by atoms with E-state index in [-0.39, 0.29) is 11.6 Å². The van der Waals surface area contributed by atoms with E-state index in [4.69, 9.17) is 11.6 Å². The molecule has 6 heteroatoms. The second-order valence-electron chi connectivity index (χ2n) is 7.42. The molecule has 0 saturated carbocycles. The van der Waals surface area contributed by atoms with E-state index in [9.17, 15) is 14.9 Å². The van der Waals surface area contributed by atoms with Crippen LogP contribution in [0.2, 0.25) is 5.02 Å². The fraction of sp³-hybridized carbons (Fsp3) is 0.0800. The topological polar surface area (TPSA) is 63.5 Å². The summed E-state index contributed by atoms with van der Waals surface area (Å²) in [5, 5.41) is 11.5. The lowest BCUT2D eigenvalue weighted by Crippen LogP contribution is -2.25. The molecule has 154 valence electrons. The third-order valence-corrected chi connectivity index (χ3v) is 5.58. The Morgan fingerprint density at radius 1 is 0.968 bits per heavy atom. The largest absolute Gasteiger partial charge is 0.276 e. The first-order chi connectivity index (χ1) is 14.8. The number of anilines is 1. The molecule has 1 aliphatic rings. The molecule has 1 heterocycles. The molecule has 0 unspecified atom stereocenters. The Kier molecular flexibility index (Phi) is 5.44. The fourth-order valence-corrected chi connectivity index (χ4v) is 3.58. The van der Waals surface area contributed by atoms with E-state index in [0.29, 0.717) is 21.8 Å². The third kappa shape index (κ3) is 4.13. The lowest BCUT2D eigenvalue weighted by Gasteiger charge is -2.21. The summed E-state index contributed by atoms with van der Waals surface area (Å²) in [4.78, 5) is 25.5. The van der Waals surface area contributed by atoms with Crippen LogP contribution in [0.5, 0.6) is 0 Å². The molecule has 0 bridgehead atoms. The van der Waals surface area contributed by atoms with Crippen LogP contribution in [0.15, 0.2) is 78.4 Å². The van der Waals surface area contributed by atoms with Gasteiger partial charge in [0, 0.05) is 22.7 Å². The van der Waals surface area contributed by atoms with Crippen molar-refractivity contribution in [3.05, 3.63) is 116 Å². The number of nitrogens with zero attached hydrogens (tertiary/aromatic N) is 2. The Morgan fingerprint density at radius 3 is 2.26 bits per heavy atom. The summed E-state index contributed by atoms with van der Waals surface area (Å²) >= 11 is 6.33. The average molecular weight is 431 g/mol. The van der Waals surface area contributed by atoms with Crippen molar-refractivity contribution in [2.24, 2.45) is 0 Å². The number of benzene rings is 3. The first-order valence-electron chi connectivity index (χ1n) is 9.69. The van der Waals surface area contributed by atoms with Gasteiger partial charge in [0.15, 0.2) is 0 Å². The third-order valence-electron chi connectivity index (χ3n) is 5.17. The van der Waals surface area contributed by atoms with E-state index in [1.54, 1.807) is 29.2 Å². The van der Waals surface area contributed by atoms with Crippen molar-refractivity contribution in [1.82, 2.24) is 0 Å². The van der Waals surface area contributed by atoms with Gasteiger partial charge >= 0.3 is 0 Å². The second-order valence-corrected chi connectivity index (χ2v) is 7.83. The SMILES string of the molecule is Cc1ccc(C2=C/C(=C\c3ccc([N+](=O)[O-])cc3)C(=O)N2c2ccc(C)c(Cl)c2)cc1. The average Bonchev–Trinajstić information content (AvgIpc) is 3.07. The molecule has 0 aliphatic carbocycles. The molecule has 0 fully saturated rings. The van der Waals surface area contributed by atoms with Gasteiger partial charge in [0.05, 0.1) is 16.3 Å². The van der Waals surface area contributed by atoms with Crippen molar-refractivity contribution in [2.45, 2.75) is 13.8 Å². The zero-order valence-electron chi connectivity index (χ0n) is 17.0. The van der Waals surface area contributed by atoms with E-state index in [2.05, 4.69) is 0 Å². The molecule has 0 N–H and O–H groups in total. The van der Waals surface area contributed by atoms with Crippen molar-refractivity contribution in [3.63, 3.8) is 0 Å². The van der Waals surface area contributed by atoms with Crippen LogP contribution in [0.4, 0.5) is 11.4 Å². The van der Waals surface area contributed by atoms with Gasteiger partial charge in [0.1, 0.15) is 0 Å². The smallest absolute Gasteiger partial charge is 0.269 e. The predicted octanol–water partition coefficient (Wildman–Crippen LogP) is 6.34. The van der Waals surface area contributed by atoms with Crippen LogP contribution in [0.1, 0.15) is 22.3 Å². The normalized spacial score (nSPS) is 14.8. The number of hydrogen-bond donors (Lipinski definition) is 0. The highest BCUT2D eigenvalue weighted by Gasteiger charge is 2.30. The minimum atomic E-state index is -0.449. The molecular formula is C25H19ClN2O3. The summed E-state index contributed by atoms with van der Waals surface area (Å²) in [6.45, 7) is 3.92. The van der Waals surface area contributed by atoms with Crippen LogP contribution >= 0.6 is 11.6 Å². The van der Waals surface area contributed by atoms with Crippen molar-refractivity contribution in [1.29, 1.82) is 0 Å². The highest BCUT2D eigenvalue weighted by molar-refractivity contribution is 6.32. The molecule has 0 aromatic heterocycles. The van der Waals surface area contributed by atoms with Gasteiger partial charge in [-0.15, -0.1) is 0 Å². The maximum atomic E-state index is 13.4. The van der Waals surface area contributed by atoms with Crippen LogP contribution in [-0.4, -0.2) is 10.8 Å². The number of halogens is 1. The Labute approximate surface area is 185 Å². The van der Waals surface area contributed by atoms with Crippen LogP contribution in [-0.2, 0) is 4.79 Å². The fourth-order valence-electron chi connectivity index (χ4n) is 3.40. The van der Waals surface area contributed by atoms with E-state index in [0.717, 1.165) is 22.4 Å². The lowest BCUT2D eigenvalue weighted by atomic mass is 10.1. The van der Waals surface area contributed by atoms with Crippen LogP contribution in [0.25, 0.3) is 11.8 Å². The summed E-state index contributed by atoms with van der Waals surface area (Å²) in [6.07, 6.45) is 3.57. The minimum absolute atomic E-state index is 0.00621. The number of aryl methyl sites for hydroxylation is 2. The molecular weight excluding hydrogens is 412 g/mol. The number of hydrogen-bond acceptors (Lipinski definition) is 3. The number of amides is 1. The Bertz CT molecular complexity index is 1240. The molecule has 0 spiro atoms. The van der Waals surface area contributed by atoms with Gasteiger partial charge in [0.25, 0.3) is 11.6 Å². The first-order valence-corrected chi connectivity index (χ1v) is 10.1. The molecule has 3 aromatic carbocycles. The number of non-ortho nitro benzene ring substituents is 1. The van der Waals surface area contributed by atoms with Crippen LogP contribution in [0, 0.1) is 24.0 Å². The Morgan fingerprint density at radius 2 is 1.65 bits per heavy atom. The molecule has 0 radical (unpaired) electrons.